The van der Waals surface area contributed by atoms with E-state index in [4.69, 9.17) is 5.73 Å². The van der Waals surface area contributed by atoms with Crippen LogP contribution in [0.2, 0.25) is 0 Å². The highest BCUT2D eigenvalue weighted by atomic mass is 15.4. The minimum absolute atomic E-state index is 0.543. The number of aryl methyl sites for hydroxylation is 2. The van der Waals surface area contributed by atoms with E-state index >= 15 is 0 Å². The molecule has 0 atom stereocenters. The van der Waals surface area contributed by atoms with Gasteiger partial charge in [0.1, 0.15) is 5.69 Å². The maximum Gasteiger partial charge on any atom is 0.180 e. The normalized spacial score (nSPS) is 10.9. The number of rotatable bonds is 4. The molecule has 0 unspecified atom stereocenters. The number of nitrogens with two attached hydrogens (primary N) is 1. The van der Waals surface area contributed by atoms with Crippen LogP contribution in [-0.4, -0.2) is 36.3 Å². The van der Waals surface area contributed by atoms with Crippen LogP contribution in [0.3, 0.4) is 0 Å². The zero-order valence-corrected chi connectivity index (χ0v) is 9.46. The molecule has 2 rings (SSSR count). The Balaban J connectivity index is 2.30. The van der Waals surface area contributed by atoms with Crippen LogP contribution in [0.25, 0.3) is 11.5 Å². The molecule has 2 heterocycles. The summed E-state index contributed by atoms with van der Waals surface area (Å²) in [5, 5.41) is 12.3. The summed E-state index contributed by atoms with van der Waals surface area (Å²) in [5.41, 5.74) is 6.17. The van der Waals surface area contributed by atoms with Gasteiger partial charge in [0.05, 0.1) is 12.7 Å². The molecule has 0 amide bonds. The Morgan fingerprint density at radius 3 is 2.88 bits per heavy atom. The van der Waals surface area contributed by atoms with Crippen molar-refractivity contribution in [3.63, 3.8) is 0 Å². The average Bonchev–Trinajstić information content (AvgIpc) is 2.85. The summed E-state index contributed by atoms with van der Waals surface area (Å²) in [7, 11) is 1.85. The van der Waals surface area contributed by atoms with Gasteiger partial charge in [-0.25, -0.2) is 9.67 Å². The van der Waals surface area contributed by atoms with Crippen LogP contribution in [0.1, 0.15) is 12.7 Å². The van der Waals surface area contributed by atoms with E-state index < -0.39 is 0 Å². The van der Waals surface area contributed by atoms with Gasteiger partial charge in [-0.05, 0) is 0 Å². The maximum absolute atomic E-state index is 5.44. The Labute approximate surface area is 93.3 Å². The first-order valence-corrected chi connectivity index (χ1v) is 5.25. The van der Waals surface area contributed by atoms with Crippen molar-refractivity contribution >= 4 is 0 Å². The van der Waals surface area contributed by atoms with Gasteiger partial charge < -0.3 is 5.73 Å². The number of hydrogen-bond donors (Lipinski definition) is 1. The Bertz CT molecular complexity index is 470. The fraction of sp³-hybridized carbons (Fsp3) is 0.556. The third-order valence-electron chi connectivity index (χ3n) is 2.25. The fourth-order valence-electron chi connectivity index (χ4n) is 1.45. The highest BCUT2D eigenvalue weighted by Crippen LogP contribution is 2.12. The van der Waals surface area contributed by atoms with E-state index in [-0.39, 0.29) is 0 Å². The van der Waals surface area contributed by atoms with Crippen molar-refractivity contribution in [2.45, 2.75) is 19.9 Å². The van der Waals surface area contributed by atoms with Gasteiger partial charge in [0.25, 0.3) is 0 Å². The Hall–Kier alpha value is -1.76. The lowest BCUT2D eigenvalue weighted by Crippen LogP contribution is -2.10. The minimum atomic E-state index is 0.543. The molecule has 0 saturated carbocycles. The van der Waals surface area contributed by atoms with Gasteiger partial charge in [-0.2, -0.15) is 5.10 Å². The Morgan fingerprint density at radius 1 is 1.44 bits per heavy atom. The van der Waals surface area contributed by atoms with Gasteiger partial charge in [-0.1, -0.05) is 12.1 Å². The standard InChI is InChI=1S/C9H15N7/c1-3-8-11-9(15(2)13-8)7-6-16(5-4-10)14-12-7/h6H,3-5,10H2,1-2H3. The monoisotopic (exact) mass is 221 g/mol. The molecule has 2 N–H and O–H groups in total. The van der Waals surface area contributed by atoms with E-state index in [1.807, 2.05) is 20.2 Å². The first-order chi connectivity index (χ1) is 7.74. The van der Waals surface area contributed by atoms with Gasteiger partial charge in [0.15, 0.2) is 11.6 Å². The number of hydrogen-bond acceptors (Lipinski definition) is 5. The molecule has 0 bridgehead atoms. The van der Waals surface area contributed by atoms with Gasteiger partial charge in [-0.15, -0.1) is 5.10 Å². The average molecular weight is 221 g/mol. The van der Waals surface area contributed by atoms with Crippen LogP contribution < -0.4 is 5.73 Å². The molecule has 0 aliphatic rings. The molecule has 2 aromatic heterocycles. The van der Waals surface area contributed by atoms with Crippen molar-refractivity contribution in [1.29, 1.82) is 0 Å². The lowest BCUT2D eigenvalue weighted by molar-refractivity contribution is 0.598. The first kappa shape index (κ1) is 10.7. The molecule has 7 heteroatoms. The lowest BCUT2D eigenvalue weighted by atomic mass is 10.4. The molecule has 16 heavy (non-hydrogen) atoms. The third-order valence-corrected chi connectivity index (χ3v) is 2.25. The molecule has 0 aromatic carbocycles. The highest BCUT2D eigenvalue weighted by molar-refractivity contribution is 5.46. The molecular formula is C9H15N7. The van der Waals surface area contributed by atoms with E-state index in [0.717, 1.165) is 23.8 Å². The molecular weight excluding hydrogens is 206 g/mol. The number of nitrogens with zero attached hydrogens (tertiary/aromatic N) is 6. The van der Waals surface area contributed by atoms with Gasteiger partial charge in [0.2, 0.25) is 0 Å². The molecule has 0 fully saturated rings. The largest absolute Gasteiger partial charge is 0.329 e. The summed E-state index contributed by atoms with van der Waals surface area (Å²) in [6.45, 7) is 3.22. The molecule has 0 saturated heterocycles. The van der Waals surface area contributed by atoms with Gasteiger partial charge in [0, 0.05) is 20.0 Å². The first-order valence-electron chi connectivity index (χ1n) is 5.25. The zero-order valence-electron chi connectivity index (χ0n) is 9.46. The van der Waals surface area contributed by atoms with Crippen molar-refractivity contribution in [3.05, 3.63) is 12.0 Å². The Kier molecular flexibility index (Phi) is 2.95. The van der Waals surface area contributed by atoms with Crippen LogP contribution in [0.15, 0.2) is 6.20 Å². The second kappa shape index (κ2) is 4.40. The molecule has 0 spiro atoms. The quantitative estimate of drug-likeness (QED) is 0.758. The molecule has 86 valence electrons. The summed E-state index contributed by atoms with van der Waals surface area (Å²) in [4.78, 5) is 4.38. The van der Waals surface area contributed by atoms with E-state index in [0.29, 0.717) is 13.1 Å². The van der Waals surface area contributed by atoms with Crippen molar-refractivity contribution in [2.75, 3.05) is 6.54 Å². The van der Waals surface area contributed by atoms with Crippen molar-refractivity contribution in [2.24, 2.45) is 12.8 Å². The smallest absolute Gasteiger partial charge is 0.180 e. The molecule has 0 aliphatic heterocycles. The Morgan fingerprint density at radius 2 is 2.25 bits per heavy atom. The second-order valence-electron chi connectivity index (χ2n) is 3.48. The van der Waals surface area contributed by atoms with Crippen LogP contribution >= 0.6 is 0 Å². The van der Waals surface area contributed by atoms with Crippen LogP contribution in [0.4, 0.5) is 0 Å². The summed E-state index contributed by atoms with van der Waals surface area (Å²) in [6, 6.07) is 0. The molecule has 7 nitrogen and oxygen atoms in total. The predicted molar refractivity (Wildman–Crippen MR) is 58.5 cm³/mol. The van der Waals surface area contributed by atoms with E-state index in [1.165, 1.54) is 0 Å². The zero-order chi connectivity index (χ0) is 11.5. The van der Waals surface area contributed by atoms with Crippen LogP contribution in [-0.2, 0) is 20.0 Å². The van der Waals surface area contributed by atoms with Crippen molar-refractivity contribution in [1.82, 2.24) is 29.8 Å². The maximum atomic E-state index is 5.44. The van der Waals surface area contributed by atoms with Crippen LogP contribution in [0, 0.1) is 0 Å². The van der Waals surface area contributed by atoms with E-state index in [2.05, 4.69) is 20.4 Å². The summed E-state index contributed by atoms with van der Waals surface area (Å²) >= 11 is 0. The summed E-state index contributed by atoms with van der Waals surface area (Å²) in [6.07, 6.45) is 2.64. The highest BCUT2D eigenvalue weighted by Gasteiger charge is 2.11. The summed E-state index contributed by atoms with van der Waals surface area (Å²) < 4.78 is 3.42. The molecule has 0 radical (unpaired) electrons. The van der Waals surface area contributed by atoms with E-state index in [1.54, 1.807) is 9.36 Å². The minimum Gasteiger partial charge on any atom is -0.329 e. The molecule has 2 aromatic rings. The predicted octanol–water partition coefficient (Wildman–Crippen LogP) is -0.405. The summed E-state index contributed by atoms with van der Waals surface area (Å²) in [5.74, 6) is 1.55. The lowest BCUT2D eigenvalue weighted by Gasteiger charge is -1.93. The number of aromatic nitrogens is 6. The van der Waals surface area contributed by atoms with Crippen LogP contribution in [0.5, 0.6) is 0 Å². The fourth-order valence-corrected chi connectivity index (χ4v) is 1.45. The van der Waals surface area contributed by atoms with Crippen molar-refractivity contribution < 1.29 is 0 Å². The SMILES string of the molecule is CCc1nc(-c2cn(CCN)nn2)n(C)n1. The van der Waals surface area contributed by atoms with Gasteiger partial charge in [-0.3, -0.25) is 4.68 Å². The molecule has 0 aliphatic carbocycles. The van der Waals surface area contributed by atoms with E-state index in [9.17, 15) is 0 Å². The topological polar surface area (TPSA) is 87.4 Å². The second-order valence-corrected chi connectivity index (χ2v) is 3.48. The third kappa shape index (κ3) is 1.94. The van der Waals surface area contributed by atoms with Crippen molar-refractivity contribution in [3.8, 4) is 11.5 Å². The van der Waals surface area contributed by atoms with Gasteiger partial charge >= 0.3 is 0 Å².